The van der Waals surface area contributed by atoms with E-state index in [1.165, 1.54) is 4.52 Å². The molecular formula is C19H15N5OS. The molecule has 3 heterocycles. The Morgan fingerprint density at radius 2 is 2.08 bits per heavy atom. The van der Waals surface area contributed by atoms with Crippen molar-refractivity contribution in [3.05, 3.63) is 64.7 Å². The molecule has 0 fully saturated rings. The van der Waals surface area contributed by atoms with Gasteiger partial charge in [-0.25, -0.2) is 4.98 Å². The molecule has 7 heteroatoms. The van der Waals surface area contributed by atoms with Crippen molar-refractivity contribution in [3.63, 3.8) is 0 Å². The molecule has 0 radical (unpaired) electrons. The Bertz CT molecular complexity index is 1120. The highest BCUT2D eigenvalue weighted by atomic mass is 32.1. The van der Waals surface area contributed by atoms with E-state index in [2.05, 4.69) is 21.5 Å². The lowest BCUT2D eigenvalue weighted by molar-refractivity contribution is 0.436. The molecule has 0 aliphatic carbocycles. The van der Waals surface area contributed by atoms with Gasteiger partial charge in [-0.05, 0) is 18.6 Å². The summed E-state index contributed by atoms with van der Waals surface area (Å²) in [7, 11) is 0. The number of hydrogen-bond acceptors (Lipinski definition) is 6. The fraction of sp³-hybridized carbons (Fsp3) is 0.105. The van der Waals surface area contributed by atoms with Gasteiger partial charge in [-0.2, -0.15) is 9.78 Å². The second-order valence-electron chi connectivity index (χ2n) is 5.89. The van der Waals surface area contributed by atoms with Crippen LogP contribution in [-0.4, -0.2) is 19.7 Å². The third kappa shape index (κ3) is 2.87. The molecule has 0 amide bonds. The van der Waals surface area contributed by atoms with Gasteiger partial charge in [0.15, 0.2) is 5.82 Å². The number of benzene rings is 1. The van der Waals surface area contributed by atoms with Crippen LogP contribution < -0.4 is 5.32 Å². The standard InChI is InChI=1S/C19H15N5OS/c1-12-7-16-15(9-20)18(23-24(16)17(25)8-12)21-10-14-11-26-19(22-14)13-5-3-2-4-6-13/h2-8,11,25H,10H2,1H3,(H,21,23). The maximum Gasteiger partial charge on any atom is 0.212 e. The van der Waals surface area contributed by atoms with E-state index < -0.39 is 0 Å². The predicted octanol–water partition coefficient (Wildman–Crippen LogP) is 3.96. The summed E-state index contributed by atoms with van der Waals surface area (Å²) in [6.45, 7) is 2.31. The summed E-state index contributed by atoms with van der Waals surface area (Å²) in [5, 5.41) is 30.0. The van der Waals surface area contributed by atoms with E-state index in [0.29, 0.717) is 23.4 Å². The van der Waals surface area contributed by atoms with Crippen LogP contribution in [0.5, 0.6) is 5.88 Å². The Morgan fingerprint density at radius 3 is 2.85 bits per heavy atom. The fourth-order valence-corrected chi connectivity index (χ4v) is 3.60. The van der Waals surface area contributed by atoms with Crippen LogP contribution in [0.15, 0.2) is 47.8 Å². The molecule has 2 N–H and O–H groups in total. The zero-order valence-electron chi connectivity index (χ0n) is 14.0. The Kier molecular flexibility index (Phi) is 4.03. The number of anilines is 1. The number of aryl methyl sites for hydroxylation is 1. The Morgan fingerprint density at radius 1 is 1.27 bits per heavy atom. The van der Waals surface area contributed by atoms with Crippen molar-refractivity contribution in [2.75, 3.05) is 5.32 Å². The van der Waals surface area contributed by atoms with Gasteiger partial charge in [-0.15, -0.1) is 16.4 Å². The van der Waals surface area contributed by atoms with Crippen molar-refractivity contribution in [2.45, 2.75) is 13.5 Å². The van der Waals surface area contributed by atoms with Crippen molar-refractivity contribution in [3.8, 4) is 22.5 Å². The molecule has 1 aromatic carbocycles. The largest absolute Gasteiger partial charge is 0.493 e. The van der Waals surface area contributed by atoms with Crippen LogP contribution in [0.1, 0.15) is 16.8 Å². The summed E-state index contributed by atoms with van der Waals surface area (Å²) in [6.07, 6.45) is 0. The number of nitriles is 1. The maximum atomic E-state index is 10.1. The lowest BCUT2D eigenvalue weighted by Gasteiger charge is -2.00. The molecule has 0 spiro atoms. The third-order valence-electron chi connectivity index (χ3n) is 3.98. The fourth-order valence-electron chi connectivity index (χ4n) is 2.77. The first kappa shape index (κ1) is 16.1. The van der Waals surface area contributed by atoms with Gasteiger partial charge in [0.2, 0.25) is 5.88 Å². The van der Waals surface area contributed by atoms with Crippen LogP contribution in [0.4, 0.5) is 5.82 Å². The minimum Gasteiger partial charge on any atom is -0.493 e. The maximum absolute atomic E-state index is 10.1. The number of aromatic hydroxyl groups is 1. The van der Waals surface area contributed by atoms with E-state index in [9.17, 15) is 10.4 Å². The highest BCUT2D eigenvalue weighted by Crippen LogP contribution is 2.27. The van der Waals surface area contributed by atoms with Gasteiger partial charge < -0.3 is 10.4 Å². The molecule has 0 unspecified atom stereocenters. The molecule has 0 aliphatic heterocycles. The van der Waals surface area contributed by atoms with Gasteiger partial charge in [0.1, 0.15) is 16.6 Å². The van der Waals surface area contributed by atoms with Crippen LogP contribution in [-0.2, 0) is 6.54 Å². The molecule has 0 saturated carbocycles. The second kappa shape index (κ2) is 6.50. The minimum atomic E-state index is 0.00423. The first-order valence-corrected chi connectivity index (χ1v) is 8.90. The van der Waals surface area contributed by atoms with Gasteiger partial charge in [0.25, 0.3) is 0 Å². The molecule has 6 nitrogen and oxygen atoms in total. The molecule has 0 bridgehead atoms. The van der Waals surface area contributed by atoms with Crippen LogP contribution in [0.2, 0.25) is 0 Å². The number of nitrogens with one attached hydrogen (secondary N) is 1. The lowest BCUT2D eigenvalue weighted by Crippen LogP contribution is -2.01. The number of rotatable bonds is 4. The van der Waals surface area contributed by atoms with E-state index >= 15 is 0 Å². The van der Waals surface area contributed by atoms with Crippen LogP contribution in [0, 0.1) is 18.3 Å². The smallest absolute Gasteiger partial charge is 0.212 e. The molecule has 4 aromatic rings. The van der Waals surface area contributed by atoms with Gasteiger partial charge in [0.05, 0.1) is 17.8 Å². The quantitative estimate of drug-likeness (QED) is 0.575. The normalized spacial score (nSPS) is 10.8. The van der Waals surface area contributed by atoms with Crippen molar-refractivity contribution < 1.29 is 5.11 Å². The number of fused-ring (bicyclic) bond motifs is 1. The van der Waals surface area contributed by atoms with Crippen molar-refractivity contribution >= 4 is 22.7 Å². The summed E-state index contributed by atoms with van der Waals surface area (Å²) < 4.78 is 1.37. The molecule has 4 rings (SSSR count). The molecule has 0 atom stereocenters. The third-order valence-corrected chi connectivity index (χ3v) is 4.92. The number of nitrogens with zero attached hydrogens (tertiary/aromatic N) is 4. The van der Waals surface area contributed by atoms with Crippen LogP contribution >= 0.6 is 11.3 Å². The molecular weight excluding hydrogens is 346 g/mol. The van der Waals surface area contributed by atoms with E-state index in [1.807, 2.05) is 48.7 Å². The number of pyridine rings is 1. The van der Waals surface area contributed by atoms with Gasteiger partial charge >= 0.3 is 0 Å². The Hall–Kier alpha value is -3.37. The average Bonchev–Trinajstić information content (AvgIpc) is 3.25. The second-order valence-corrected chi connectivity index (χ2v) is 6.75. The summed E-state index contributed by atoms with van der Waals surface area (Å²) in [5.74, 6) is 0.437. The Balaban J connectivity index is 1.60. The highest BCUT2D eigenvalue weighted by Gasteiger charge is 2.15. The van der Waals surface area contributed by atoms with E-state index in [4.69, 9.17) is 0 Å². The minimum absolute atomic E-state index is 0.00423. The molecule has 26 heavy (non-hydrogen) atoms. The molecule has 3 aromatic heterocycles. The van der Waals surface area contributed by atoms with Crippen LogP contribution in [0.3, 0.4) is 0 Å². The van der Waals surface area contributed by atoms with Gasteiger partial charge in [-0.3, -0.25) is 0 Å². The number of aromatic nitrogens is 3. The summed E-state index contributed by atoms with van der Waals surface area (Å²) in [5.41, 5.74) is 3.80. The summed E-state index contributed by atoms with van der Waals surface area (Å²) in [4.78, 5) is 4.63. The van der Waals surface area contributed by atoms with E-state index in [0.717, 1.165) is 21.8 Å². The van der Waals surface area contributed by atoms with E-state index in [-0.39, 0.29) is 5.88 Å². The predicted molar refractivity (Wildman–Crippen MR) is 101 cm³/mol. The lowest BCUT2D eigenvalue weighted by atomic mass is 10.2. The molecule has 0 aliphatic rings. The van der Waals surface area contributed by atoms with Crippen LogP contribution in [0.25, 0.3) is 16.1 Å². The molecule has 128 valence electrons. The van der Waals surface area contributed by atoms with Crippen molar-refractivity contribution in [2.24, 2.45) is 0 Å². The topological polar surface area (TPSA) is 86.2 Å². The van der Waals surface area contributed by atoms with Gasteiger partial charge in [-0.1, -0.05) is 30.3 Å². The zero-order valence-corrected chi connectivity index (χ0v) is 14.8. The SMILES string of the molecule is Cc1cc(O)n2nc(NCc3csc(-c4ccccc4)n3)c(C#N)c2c1. The van der Waals surface area contributed by atoms with Gasteiger partial charge in [0, 0.05) is 17.0 Å². The Labute approximate surface area is 154 Å². The van der Waals surface area contributed by atoms with E-state index in [1.54, 1.807) is 17.4 Å². The summed E-state index contributed by atoms with van der Waals surface area (Å²) in [6, 6.07) is 15.6. The zero-order chi connectivity index (χ0) is 18.1. The number of thiazole rings is 1. The highest BCUT2D eigenvalue weighted by molar-refractivity contribution is 7.13. The molecule has 0 saturated heterocycles. The number of hydrogen-bond donors (Lipinski definition) is 2. The monoisotopic (exact) mass is 361 g/mol. The van der Waals surface area contributed by atoms with Crippen molar-refractivity contribution in [1.29, 1.82) is 5.26 Å². The first-order chi connectivity index (χ1) is 12.7. The van der Waals surface area contributed by atoms with Crippen molar-refractivity contribution in [1.82, 2.24) is 14.6 Å². The average molecular weight is 361 g/mol. The first-order valence-electron chi connectivity index (χ1n) is 8.02. The summed E-state index contributed by atoms with van der Waals surface area (Å²) >= 11 is 1.58.